The Bertz CT molecular complexity index is 1130. The minimum atomic E-state index is -0.551. The summed E-state index contributed by atoms with van der Waals surface area (Å²) < 4.78 is 10.9. The van der Waals surface area contributed by atoms with Gasteiger partial charge in [-0.1, -0.05) is 27.2 Å². The molecule has 0 saturated carbocycles. The van der Waals surface area contributed by atoms with Gasteiger partial charge in [0.15, 0.2) is 0 Å². The second-order valence-corrected chi connectivity index (χ2v) is 8.22. The lowest BCUT2D eigenvalue weighted by Crippen LogP contribution is -2.10. The van der Waals surface area contributed by atoms with Crippen molar-refractivity contribution in [1.29, 1.82) is 0 Å². The summed E-state index contributed by atoms with van der Waals surface area (Å²) in [5.74, 6) is 0.591. The maximum Gasteiger partial charge on any atom is 0.353 e. The van der Waals surface area contributed by atoms with Crippen LogP contribution in [0.5, 0.6) is 5.75 Å². The highest BCUT2D eigenvalue weighted by molar-refractivity contribution is 5.90. The Labute approximate surface area is 203 Å². The van der Waals surface area contributed by atoms with Crippen molar-refractivity contribution >= 4 is 34.7 Å². The molecule has 0 aliphatic heterocycles. The number of hydrogen-bond acceptors (Lipinski definition) is 9. The lowest BCUT2D eigenvalue weighted by Gasteiger charge is -2.11. The number of esters is 1. The number of carbonyl (C=O) groups is 1. The number of carbonyl (C=O) groups excluding carboxylic acids is 1. The summed E-state index contributed by atoms with van der Waals surface area (Å²) in [6.45, 7) is 6.96. The maximum absolute atomic E-state index is 12.1. The molecule has 0 bridgehead atoms. The molecule has 10 nitrogen and oxygen atoms in total. The van der Waals surface area contributed by atoms with E-state index in [9.17, 15) is 14.9 Å². The molecule has 0 aliphatic rings. The maximum atomic E-state index is 12.1. The first-order valence-electron chi connectivity index (χ1n) is 11.4. The van der Waals surface area contributed by atoms with Crippen molar-refractivity contribution in [3.8, 4) is 5.75 Å². The zero-order valence-electron chi connectivity index (χ0n) is 20.0. The van der Waals surface area contributed by atoms with Crippen LogP contribution in [0.4, 0.5) is 28.7 Å². The minimum Gasteiger partial charge on any atom is -0.494 e. The fourth-order valence-corrected chi connectivity index (χ4v) is 2.99. The van der Waals surface area contributed by atoms with Gasteiger partial charge in [-0.25, -0.2) is 14.8 Å². The third-order valence-electron chi connectivity index (χ3n) is 4.82. The van der Waals surface area contributed by atoms with Crippen LogP contribution in [0.15, 0.2) is 54.9 Å². The largest absolute Gasteiger partial charge is 0.494 e. The van der Waals surface area contributed by atoms with Gasteiger partial charge in [0.2, 0.25) is 11.6 Å². The standard InChI is InChI=1S/C25H29N5O5/c1-4-5-14-34-21-12-10-20(11-13-21)29-24-22(30(32)33)23(26-16-27-24)28-19-8-6-18(7-9-19)25(31)35-15-17(2)3/h6-13,16-17H,4-5,14-15H2,1-3H3,(H2,26,27,28,29). The first kappa shape index (κ1) is 25.4. The van der Waals surface area contributed by atoms with Crippen LogP contribution in [0.1, 0.15) is 44.0 Å². The van der Waals surface area contributed by atoms with Crippen molar-refractivity contribution in [2.45, 2.75) is 33.6 Å². The first-order valence-corrected chi connectivity index (χ1v) is 11.4. The van der Waals surface area contributed by atoms with Gasteiger partial charge in [0.25, 0.3) is 0 Å². The first-order chi connectivity index (χ1) is 16.9. The van der Waals surface area contributed by atoms with Crippen molar-refractivity contribution < 1.29 is 19.2 Å². The number of nitrogens with one attached hydrogen (secondary N) is 2. The smallest absolute Gasteiger partial charge is 0.353 e. The van der Waals surface area contributed by atoms with E-state index < -0.39 is 10.9 Å². The Morgan fingerprint density at radius 3 is 2.09 bits per heavy atom. The summed E-state index contributed by atoms with van der Waals surface area (Å²) in [6.07, 6.45) is 3.24. The van der Waals surface area contributed by atoms with Gasteiger partial charge < -0.3 is 20.1 Å². The molecule has 0 radical (unpaired) electrons. The topological polar surface area (TPSA) is 129 Å². The molecule has 3 aromatic rings. The molecule has 0 spiro atoms. The number of benzene rings is 2. The monoisotopic (exact) mass is 479 g/mol. The average molecular weight is 480 g/mol. The van der Waals surface area contributed by atoms with Gasteiger partial charge in [0, 0.05) is 11.4 Å². The number of aromatic nitrogens is 2. The number of unbranched alkanes of at least 4 members (excludes halogenated alkanes) is 1. The minimum absolute atomic E-state index is 0.0159. The molecule has 2 aromatic carbocycles. The molecule has 0 amide bonds. The van der Waals surface area contributed by atoms with Crippen molar-refractivity contribution in [3.63, 3.8) is 0 Å². The van der Waals surface area contributed by atoms with Gasteiger partial charge in [0.05, 0.1) is 23.7 Å². The van der Waals surface area contributed by atoms with Gasteiger partial charge in [-0.2, -0.15) is 0 Å². The van der Waals surface area contributed by atoms with E-state index in [1.165, 1.54) is 6.33 Å². The van der Waals surface area contributed by atoms with Gasteiger partial charge >= 0.3 is 11.7 Å². The zero-order chi connectivity index (χ0) is 25.2. The number of rotatable bonds is 12. The Morgan fingerprint density at radius 1 is 1.00 bits per heavy atom. The number of ether oxygens (including phenoxy) is 2. The van der Waals surface area contributed by atoms with E-state index in [1.54, 1.807) is 48.5 Å². The third kappa shape index (κ3) is 7.39. The van der Waals surface area contributed by atoms with Crippen molar-refractivity contribution in [2.75, 3.05) is 23.8 Å². The molecule has 0 unspecified atom stereocenters. The molecule has 1 heterocycles. The van der Waals surface area contributed by atoms with Crippen LogP contribution in [0.3, 0.4) is 0 Å². The zero-order valence-corrected chi connectivity index (χ0v) is 20.0. The van der Waals surface area contributed by atoms with E-state index in [0.717, 1.165) is 18.6 Å². The lowest BCUT2D eigenvalue weighted by molar-refractivity contribution is -0.383. The quantitative estimate of drug-likeness (QED) is 0.142. The van der Waals surface area contributed by atoms with Crippen LogP contribution in [0, 0.1) is 16.0 Å². The van der Waals surface area contributed by atoms with Crippen LogP contribution >= 0.6 is 0 Å². The summed E-state index contributed by atoms with van der Waals surface area (Å²) >= 11 is 0. The van der Waals surface area contributed by atoms with Gasteiger partial charge in [-0.15, -0.1) is 0 Å². The van der Waals surface area contributed by atoms with Gasteiger partial charge in [-0.05, 0) is 60.9 Å². The lowest BCUT2D eigenvalue weighted by atomic mass is 10.2. The number of hydrogen-bond donors (Lipinski definition) is 2. The highest BCUT2D eigenvalue weighted by Crippen LogP contribution is 2.33. The second-order valence-electron chi connectivity index (χ2n) is 8.22. The summed E-state index contributed by atoms with van der Waals surface area (Å²) in [4.78, 5) is 31.5. The molecule has 0 aliphatic carbocycles. The van der Waals surface area contributed by atoms with E-state index >= 15 is 0 Å². The number of nitro groups is 1. The van der Waals surface area contributed by atoms with Crippen LogP contribution in [0.25, 0.3) is 0 Å². The molecule has 0 atom stereocenters. The SMILES string of the molecule is CCCCOc1ccc(Nc2ncnc(Nc3ccc(C(=O)OCC(C)C)cc3)c2[N+](=O)[O-])cc1. The Kier molecular flexibility index (Phi) is 8.94. The third-order valence-corrected chi connectivity index (χ3v) is 4.82. The summed E-state index contributed by atoms with van der Waals surface area (Å²) in [6, 6.07) is 13.5. The van der Waals surface area contributed by atoms with Crippen LogP contribution < -0.4 is 15.4 Å². The van der Waals surface area contributed by atoms with Crippen molar-refractivity contribution in [1.82, 2.24) is 9.97 Å². The van der Waals surface area contributed by atoms with E-state index in [1.807, 2.05) is 13.8 Å². The molecule has 1 aromatic heterocycles. The molecule has 184 valence electrons. The van der Waals surface area contributed by atoms with Gasteiger partial charge in [-0.3, -0.25) is 10.1 Å². The Morgan fingerprint density at radius 2 is 1.57 bits per heavy atom. The summed E-state index contributed by atoms with van der Waals surface area (Å²) in [5, 5.41) is 17.8. The van der Waals surface area contributed by atoms with Crippen molar-refractivity contribution in [2.24, 2.45) is 5.92 Å². The fraction of sp³-hybridized carbons (Fsp3) is 0.320. The molecule has 35 heavy (non-hydrogen) atoms. The molecule has 0 fully saturated rings. The van der Waals surface area contributed by atoms with Gasteiger partial charge in [0.1, 0.15) is 12.1 Å². The van der Waals surface area contributed by atoms with E-state index in [4.69, 9.17) is 9.47 Å². The van der Waals surface area contributed by atoms with Crippen molar-refractivity contribution in [3.05, 3.63) is 70.5 Å². The highest BCUT2D eigenvalue weighted by Gasteiger charge is 2.23. The molecule has 0 saturated heterocycles. The highest BCUT2D eigenvalue weighted by atomic mass is 16.6. The van der Waals surface area contributed by atoms with E-state index in [0.29, 0.717) is 30.2 Å². The Balaban J connectivity index is 1.73. The summed E-state index contributed by atoms with van der Waals surface area (Å²) in [7, 11) is 0. The number of nitrogens with zero attached hydrogens (tertiary/aromatic N) is 3. The van der Waals surface area contributed by atoms with E-state index in [-0.39, 0.29) is 23.2 Å². The van der Waals surface area contributed by atoms with E-state index in [2.05, 4.69) is 27.5 Å². The molecular formula is C25H29N5O5. The van der Waals surface area contributed by atoms with Crippen LogP contribution in [-0.4, -0.2) is 34.1 Å². The predicted octanol–water partition coefficient (Wildman–Crippen LogP) is 5.86. The average Bonchev–Trinajstić information content (AvgIpc) is 2.84. The normalized spacial score (nSPS) is 10.6. The summed E-state index contributed by atoms with van der Waals surface area (Å²) in [5.41, 5.74) is 1.21. The molecule has 2 N–H and O–H groups in total. The van der Waals surface area contributed by atoms with Crippen LogP contribution in [-0.2, 0) is 4.74 Å². The number of anilines is 4. The predicted molar refractivity (Wildman–Crippen MR) is 134 cm³/mol. The second kappa shape index (κ2) is 12.3. The molecule has 3 rings (SSSR count). The molecule has 10 heteroatoms. The fourth-order valence-electron chi connectivity index (χ4n) is 2.99. The molecular weight excluding hydrogens is 450 g/mol. The van der Waals surface area contributed by atoms with Crippen LogP contribution in [0.2, 0.25) is 0 Å². The Hall–Kier alpha value is -4.21.